The monoisotopic (exact) mass is 501 g/mol. The van der Waals surface area contributed by atoms with Crippen LogP contribution in [0.5, 0.6) is 0 Å². The Bertz CT molecular complexity index is 1010. The Labute approximate surface area is 210 Å². The van der Waals surface area contributed by atoms with Gasteiger partial charge < -0.3 is 9.57 Å². The molecule has 4 nitrogen and oxygen atoms in total. The van der Waals surface area contributed by atoms with Crippen LogP contribution in [0.2, 0.25) is 0 Å². The summed E-state index contributed by atoms with van der Waals surface area (Å²) in [4.78, 5) is 20.1. The molecule has 2 aromatic carbocycles. The Morgan fingerprint density at radius 1 is 0.889 bits per heavy atom. The minimum atomic E-state index is -4.47. The molecule has 3 fully saturated rings. The summed E-state index contributed by atoms with van der Waals surface area (Å²) < 4.78 is 46.2. The van der Waals surface area contributed by atoms with Crippen molar-refractivity contribution in [3.05, 3.63) is 71.3 Å². The molecule has 0 bridgehead atoms. The lowest BCUT2D eigenvalue weighted by atomic mass is 9.90. The summed E-state index contributed by atoms with van der Waals surface area (Å²) in [5.74, 6) is -0.495. The maximum Gasteiger partial charge on any atom is 0.416 e. The summed E-state index contributed by atoms with van der Waals surface area (Å²) in [6, 6.07) is 14.9. The smallest absolute Gasteiger partial charge is 0.365 e. The van der Waals surface area contributed by atoms with Crippen molar-refractivity contribution < 1.29 is 27.5 Å². The number of rotatable bonds is 7. The Hall–Kier alpha value is -2.38. The molecule has 36 heavy (non-hydrogen) atoms. The van der Waals surface area contributed by atoms with Crippen LogP contribution in [0.3, 0.4) is 0 Å². The molecule has 7 heteroatoms. The lowest BCUT2D eigenvalue weighted by molar-refractivity contribution is -0.228. The number of hydroxylamine groups is 2. The van der Waals surface area contributed by atoms with Crippen LogP contribution in [0.25, 0.3) is 0 Å². The summed E-state index contributed by atoms with van der Waals surface area (Å²) in [5, 5.41) is 1.96. The van der Waals surface area contributed by atoms with Crippen molar-refractivity contribution in [1.29, 1.82) is 0 Å². The van der Waals surface area contributed by atoms with Gasteiger partial charge in [-0.05, 0) is 48.9 Å². The molecule has 5 rings (SSSR count). The van der Waals surface area contributed by atoms with E-state index in [9.17, 15) is 18.0 Å². The number of alkyl halides is 3. The molecule has 194 valence electrons. The van der Waals surface area contributed by atoms with Crippen LogP contribution in [0.4, 0.5) is 13.2 Å². The number of hydrogen-bond donors (Lipinski definition) is 0. The van der Waals surface area contributed by atoms with Crippen LogP contribution in [-0.4, -0.2) is 28.7 Å². The van der Waals surface area contributed by atoms with E-state index < -0.39 is 29.4 Å². The topological polar surface area (TPSA) is 42.1 Å². The maximum atomic E-state index is 13.9. The molecule has 2 atom stereocenters. The number of halogens is 3. The Kier molecular flexibility index (Phi) is 7.40. The average Bonchev–Trinajstić information content (AvgIpc) is 3.63. The van der Waals surface area contributed by atoms with Crippen LogP contribution in [0.1, 0.15) is 87.0 Å². The highest BCUT2D eigenvalue weighted by molar-refractivity contribution is 5.84. The molecule has 0 spiro atoms. The molecule has 1 aliphatic heterocycles. The van der Waals surface area contributed by atoms with Gasteiger partial charge in [-0.2, -0.15) is 13.2 Å². The second-order valence-corrected chi connectivity index (χ2v) is 10.5. The van der Waals surface area contributed by atoms with E-state index in [1.807, 2.05) is 35.4 Å². The van der Waals surface area contributed by atoms with Gasteiger partial charge in [0.25, 0.3) is 0 Å². The van der Waals surface area contributed by atoms with Gasteiger partial charge in [-0.3, -0.25) is 0 Å². The quantitative estimate of drug-likeness (QED) is 0.298. The zero-order valence-corrected chi connectivity index (χ0v) is 20.5. The molecule has 3 aliphatic rings. The summed E-state index contributed by atoms with van der Waals surface area (Å²) >= 11 is 0. The SMILES string of the molecule is O=C(ON(C1CCCCC1)C1CCCCC1)C1(Cc2ccccc2)OC1c1cccc(C(F)(F)F)c1. The van der Waals surface area contributed by atoms with Gasteiger partial charge in [0.1, 0.15) is 6.10 Å². The number of hydrogen-bond acceptors (Lipinski definition) is 4. The molecule has 2 unspecified atom stereocenters. The minimum absolute atomic E-state index is 0.185. The fourth-order valence-corrected chi connectivity index (χ4v) is 5.94. The number of ether oxygens (including phenoxy) is 1. The van der Waals surface area contributed by atoms with Crippen molar-refractivity contribution in [2.24, 2.45) is 0 Å². The van der Waals surface area contributed by atoms with E-state index in [-0.39, 0.29) is 18.5 Å². The van der Waals surface area contributed by atoms with E-state index in [4.69, 9.17) is 9.57 Å². The van der Waals surface area contributed by atoms with Gasteiger partial charge in [0.05, 0.1) is 5.56 Å². The summed E-state index contributed by atoms with van der Waals surface area (Å²) in [7, 11) is 0. The second kappa shape index (κ2) is 10.5. The fraction of sp³-hybridized carbons (Fsp3) is 0.552. The predicted octanol–water partition coefficient (Wildman–Crippen LogP) is 7.18. The molecule has 2 saturated carbocycles. The first-order valence-corrected chi connectivity index (χ1v) is 13.3. The largest absolute Gasteiger partial charge is 0.416 e. The molecule has 1 saturated heterocycles. The van der Waals surface area contributed by atoms with Crippen LogP contribution in [-0.2, 0) is 27.0 Å². The number of carbonyl (C=O) groups excluding carboxylic acids is 1. The van der Waals surface area contributed by atoms with E-state index in [0.717, 1.165) is 69.1 Å². The zero-order chi connectivity index (χ0) is 25.2. The Balaban J connectivity index is 1.42. The van der Waals surface area contributed by atoms with E-state index >= 15 is 0 Å². The average molecular weight is 502 g/mol. The van der Waals surface area contributed by atoms with Crippen LogP contribution in [0, 0.1) is 0 Å². The summed E-state index contributed by atoms with van der Waals surface area (Å²) in [6.45, 7) is 0. The molecule has 0 N–H and O–H groups in total. The van der Waals surface area contributed by atoms with Crippen LogP contribution < -0.4 is 0 Å². The predicted molar refractivity (Wildman–Crippen MR) is 130 cm³/mol. The lowest BCUT2D eigenvalue weighted by Gasteiger charge is -2.40. The number of nitrogens with zero attached hydrogens (tertiary/aromatic N) is 1. The molecule has 2 aliphatic carbocycles. The zero-order valence-electron chi connectivity index (χ0n) is 20.5. The lowest BCUT2D eigenvalue weighted by Crippen LogP contribution is -2.48. The van der Waals surface area contributed by atoms with Crippen molar-refractivity contribution in [1.82, 2.24) is 5.06 Å². The van der Waals surface area contributed by atoms with Crippen molar-refractivity contribution >= 4 is 5.97 Å². The number of benzene rings is 2. The number of epoxide rings is 1. The summed E-state index contributed by atoms with van der Waals surface area (Å²) in [6.07, 6.45) is 5.82. The van der Waals surface area contributed by atoms with Crippen molar-refractivity contribution in [3.63, 3.8) is 0 Å². The third-order valence-corrected chi connectivity index (χ3v) is 7.92. The maximum absolute atomic E-state index is 13.9. The van der Waals surface area contributed by atoms with Gasteiger partial charge in [-0.1, -0.05) is 81.0 Å². The van der Waals surface area contributed by atoms with Gasteiger partial charge in [0.2, 0.25) is 5.60 Å². The first-order valence-electron chi connectivity index (χ1n) is 13.3. The third kappa shape index (κ3) is 5.47. The molecule has 2 aromatic rings. The highest BCUT2D eigenvalue weighted by atomic mass is 19.4. The van der Waals surface area contributed by atoms with E-state index in [1.54, 1.807) is 6.07 Å². The highest BCUT2D eigenvalue weighted by Crippen LogP contribution is 2.53. The van der Waals surface area contributed by atoms with Gasteiger partial charge in [0.15, 0.2) is 0 Å². The Morgan fingerprint density at radius 3 is 2.08 bits per heavy atom. The van der Waals surface area contributed by atoms with Gasteiger partial charge in [0, 0.05) is 18.5 Å². The minimum Gasteiger partial charge on any atom is -0.365 e. The van der Waals surface area contributed by atoms with E-state index in [1.165, 1.54) is 18.9 Å². The fourth-order valence-electron chi connectivity index (χ4n) is 5.94. The standard InChI is InChI=1S/C29H34F3NO3/c30-29(31,32)23-14-10-13-22(19-23)26-28(35-26,20-21-11-4-1-5-12-21)27(34)36-33(24-15-6-2-7-16-24)25-17-8-3-9-18-25/h1,4-5,10-14,19,24-26H,2-3,6-9,15-18,20H2. The van der Waals surface area contributed by atoms with Crippen LogP contribution in [0.15, 0.2) is 54.6 Å². The first kappa shape index (κ1) is 25.3. The van der Waals surface area contributed by atoms with E-state index in [2.05, 4.69) is 0 Å². The molecular formula is C29H34F3NO3. The van der Waals surface area contributed by atoms with Crippen molar-refractivity contribution in [2.75, 3.05) is 0 Å². The third-order valence-electron chi connectivity index (χ3n) is 7.92. The second-order valence-electron chi connectivity index (χ2n) is 10.5. The number of carbonyl (C=O) groups is 1. The summed E-state index contributed by atoms with van der Waals surface area (Å²) in [5.41, 5.74) is -0.860. The van der Waals surface area contributed by atoms with Gasteiger partial charge in [-0.25, -0.2) is 4.79 Å². The molecule has 0 amide bonds. The Morgan fingerprint density at radius 2 is 1.50 bits per heavy atom. The normalized spacial score (nSPS) is 25.6. The molecule has 0 radical (unpaired) electrons. The van der Waals surface area contributed by atoms with Gasteiger partial charge in [-0.15, -0.1) is 5.06 Å². The molecule has 0 aromatic heterocycles. The highest BCUT2D eigenvalue weighted by Gasteiger charge is 2.65. The van der Waals surface area contributed by atoms with E-state index in [0.29, 0.717) is 5.56 Å². The van der Waals surface area contributed by atoms with Crippen LogP contribution >= 0.6 is 0 Å². The molecule has 1 heterocycles. The van der Waals surface area contributed by atoms with Crippen molar-refractivity contribution in [2.45, 2.75) is 101 Å². The first-order chi connectivity index (χ1) is 17.4. The van der Waals surface area contributed by atoms with Crippen molar-refractivity contribution in [3.8, 4) is 0 Å². The molecular weight excluding hydrogens is 467 g/mol. The van der Waals surface area contributed by atoms with Gasteiger partial charge >= 0.3 is 12.1 Å².